The molecule has 5 heterocycles. The van der Waals surface area contributed by atoms with E-state index in [2.05, 4.69) is 27.0 Å². The lowest BCUT2D eigenvalue weighted by Crippen LogP contribution is -2.36. The number of hydrogen-bond donors (Lipinski definition) is 3. The Morgan fingerprint density at radius 1 is 1.38 bits per heavy atom. The van der Waals surface area contributed by atoms with Gasteiger partial charge in [-0.05, 0) is 29.0 Å². The maximum Gasteiger partial charge on any atom is 0.219 e. The molecule has 0 fully saturated rings. The van der Waals surface area contributed by atoms with Gasteiger partial charge in [-0.1, -0.05) is 6.58 Å². The van der Waals surface area contributed by atoms with Gasteiger partial charge in [0.15, 0.2) is 11.5 Å². The van der Waals surface area contributed by atoms with Crippen LogP contribution in [0.4, 0.5) is 11.5 Å². The van der Waals surface area contributed by atoms with Gasteiger partial charge in [0.05, 0.1) is 24.5 Å². The van der Waals surface area contributed by atoms with Crippen molar-refractivity contribution in [2.75, 3.05) is 11.9 Å². The third-order valence-corrected chi connectivity index (χ3v) is 5.79. The number of fused-ring (bicyclic) bond motifs is 2. The van der Waals surface area contributed by atoms with Gasteiger partial charge in [0.1, 0.15) is 0 Å². The first-order valence-corrected chi connectivity index (χ1v) is 10.4. The number of pyridine rings is 1. The summed E-state index contributed by atoms with van der Waals surface area (Å²) < 4.78 is 3.87. The number of anilines is 2. The highest BCUT2D eigenvalue weighted by Gasteiger charge is 2.20. The number of nitrogens with one attached hydrogen (secondary N) is 3. The number of aromatic nitrogens is 5. The van der Waals surface area contributed by atoms with E-state index in [-0.39, 0.29) is 11.8 Å². The van der Waals surface area contributed by atoms with E-state index in [9.17, 15) is 4.79 Å². The zero-order valence-corrected chi connectivity index (χ0v) is 17.7. The van der Waals surface area contributed by atoms with Crippen LogP contribution in [-0.2, 0) is 17.9 Å². The Morgan fingerprint density at radius 3 is 3.00 bits per heavy atom. The number of hydrogen-bond acceptors (Lipinski definition) is 5. The van der Waals surface area contributed by atoms with Gasteiger partial charge >= 0.3 is 0 Å². The van der Waals surface area contributed by atoms with Crippen molar-refractivity contribution >= 4 is 41.9 Å². The third-order valence-electron chi connectivity index (χ3n) is 5.79. The summed E-state index contributed by atoms with van der Waals surface area (Å²) in [6, 6.07) is 5.88. The van der Waals surface area contributed by atoms with Crippen molar-refractivity contribution < 1.29 is 4.79 Å². The summed E-state index contributed by atoms with van der Waals surface area (Å²) in [5.41, 5.74) is 3.50. The normalized spacial score (nSPS) is 15.0. The molecule has 4 aromatic rings. The maximum absolute atomic E-state index is 11.7. The van der Waals surface area contributed by atoms with Gasteiger partial charge < -0.3 is 25.0 Å². The smallest absolute Gasteiger partial charge is 0.219 e. The minimum absolute atomic E-state index is 0.0696. The van der Waals surface area contributed by atoms with Crippen LogP contribution in [0.2, 0.25) is 0 Å². The van der Waals surface area contributed by atoms with Crippen molar-refractivity contribution in [3.63, 3.8) is 0 Å². The predicted molar refractivity (Wildman–Crippen MR) is 123 cm³/mol. The van der Waals surface area contributed by atoms with Gasteiger partial charge in [0, 0.05) is 61.8 Å². The van der Waals surface area contributed by atoms with Crippen molar-refractivity contribution in [3.05, 3.63) is 64.8 Å². The number of imidazole rings is 1. The molecule has 1 aliphatic rings. The summed E-state index contributed by atoms with van der Waals surface area (Å²) in [6.45, 7) is 7.50. The molecular weight excluding hydrogens is 404 g/mol. The lowest BCUT2D eigenvalue weighted by atomic mass is 10.0. The number of carbonyl (C=O) groups is 1. The first-order valence-electron chi connectivity index (χ1n) is 10.4. The second-order valence-electron chi connectivity index (χ2n) is 7.93. The molecule has 3 N–H and O–H groups in total. The summed E-state index contributed by atoms with van der Waals surface area (Å²) in [5, 5.41) is 17.8. The molecule has 4 aromatic heterocycles. The van der Waals surface area contributed by atoms with Crippen LogP contribution in [0.15, 0.2) is 43.0 Å². The van der Waals surface area contributed by atoms with Crippen LogP contribution in [0.3, 0.4) is 0 Å². The van der Waals surface area contributed by atoms with E-state index in [0.717, 1.165) is 33.2 Å². The Balaban J connectivity index is 1.51. The van der Waals surface area contributed by atoms with Crippen LogP contribution in [0.25, 0.3) is 18.3 Å². The molecule has 5 rings (SSSR count). The summed E-state index contributed by atoms with van der Waals surface area (Å²) in [6.07, 6.45) is 10.9. The number of rotatable bonds is 5. The Labute approximate surface area is 184 Å². The lowest BCUT2D eigenvalue weighted by molar-refractivity contribution is -0.130. The van der Waals surface area contributed by atoms with E-state index in [4.69, 9.17) is 5.41 Å². The van der Waals surface area contributed by atoms with E-state index < -0.39 is 0 Å². The molecule has 0 radical (unpaired) electrons. The topological polar surface area (TPSA) is 107 Å². The molecule has 9 nitrogen and oxygen atoms in total. The second-order valence-corrected chi connectivity index (χ2v) is 7.93. The van der Waals surface area contributed by atoms with Crippen LogP contribution in [-0.4, -0.2) is 47.7 Å². The zero-order valence-electron chi connectivity index (χ0n) is 17.7. The first-order chi connectivity index (χ1) is 15.5. The van der Waals surface area contributed by atoms with E-state index in [1.807, 2.05) is 56.8 Å². The average Bonchev–Trinajstić information content (AvgIpc) is 3.50. The number of nitrogens with zero attached hydrogens (tertiary/aromatic N) is 5. The number of carbonyl (C=O) groups excluding carboxylic acids is 1. The highest BCUT2D eigenvalue weighted by atomic mass is 16.2. The van der Waals surface area contributed by atoms with Crippen LogP contribution in [0.1, 0.15) is 24.1 Å². The van der Waals surface area contributed by atoms with E-state index in [1.165, 1.54) is 6.21 Å². The van der Waals surface area contributed by atoms with Gasteiger partial charge in [0.2, 0.25) is 5.91 Å². The molecular formula is C23H24N8O. The van der Waals surface area contributed by atoms with Crippen molar-refractivity contribution in [2.45, 2.75) is 25.9 Å². The molecule has 0 saturated heterocycles. The number of aromatic amines is 1. The third kappa shape index (κ3) is 3.58. The summed E-state index contributed by atoms with van der Waals surface area (Å²) in [4.78, 5) is 21.2. The van der Waals surface area contributed by atoms with Gasteiger partial charge in [0.25, 0.3) is 0 Å². The molecule has 32 heavy (non-hydrogen) atoms. The zero-order chi connectivity index (χ0) is 22.2. The standard InChI is InChI=1S/C23H24N8O/c1-15-3-4-25-20(15)9-17(12-24)18-10-21(23-26-5-6-30(23)13-18)27-22-11-19-14-29(16(2)32)7-8-31(19)28-22/h3-6,9-13,17,24-25H,1,7-8,14H2,2H3,(H,27,28)/b20-9+,24-12?. The average molecular weight is 429 g/mol. The van der Waals surface area contributed by atoms with Crippen molar-refractivity contribution in [2.24, 2.45) is 0 Å². The fraction of sp³-hybridized carbons (Fsp3) is 0.217. The van der Waals surface area contributed by atoms with Gasteiger partial charge in [-0.15, -0.1) is 0 Å². The Morgan fingerprint density at radius 2 is 2.25 bits per heavy atom. The SMILES string of the molecule is C=c1cc[nH]/c1=C/C(C=N)c1cc(Nc2cc3n(n2)CCN(C(C)=O)C3)c2nccn2c1. The molecule has 0 bridgehead atoms. The van der Waals surface area contributed by atoms with Crippen molar-refractivity contribution in [3.8, 4) is 0 Å². The van der Waals surface area contributed by atoms with Crippen LogP contribution >= 0.6 is 0 Å². The summed E-state index contributed by atoms with van der Waals surface area (Å²) in [5.74, 6) is 0.535. The Hall–Kier alpha value is -4.14. The molecule has 1 aliphatic heterocycles. The summed E-state index contributed by atoms with van der Waals surface area (Å²) in [7, 11) is 0. The minimum atomic E-state index is -0.235. The molecule has 1 atom stereocenters. The Kier molecular flexibility index (Phi) is 4.85. The van der Waals surface area contributed by atoms with Gasteiger partial charge in [-0.2, -0.15) is 5.10 Å². The minimum Gasteiger partial charge on any atom is -0.361 e. The predicted octanol–water partition coefficient (Wildman–Crippen LogP) is 1.59. The molecule has 9 heteroatoms. The van der Waals surface area contributed by atoms with E-state index in [0.29, 0.717) is 25.5 Å². The van der Waals surface area contributed by atoms with Crippen LogP contribution < -0.4 is 15.9 Å². The monoisotopic (exact) mass is 428 g/mol. The fourth-order valence-corrected chi connectivity index (χ4v) is 4.05. The van der Waals surface area contributed by atoms with Gasteiger partial charge in [-0.3, -0.25) is 9.48 Å². The second kappa shape index (κ2) is 7.84. The van der Waals surface area contributed by atoms with Crippen molar-refractivity contribution in [1.29, 1.82) is 5.41 Å². The largest absolute Gasteiger partial charge is 0.361 e. The molecule has 1 amide bonds. The quantitative estimate of drug-likeness (QED) is 0.420. The number of H-pyrrole nitrogens is 1. The first kappa shape index (κ1) is 19.8. The molecule has 1 unspecified atom stereocenters. The highest BCUT2D eigenvalue weighted by Crippen LogP contribution is 2.27. The van der Waals surface area contributed by atoms with Crippen LogP contribution in [0, 0.1) is 5.41 Å². The molecule has 162 valence electrons. The molecule has 0 spiro atoms. The molecule has 0 saturated carbocycles. The fourth-order valence-electron chi connectivity index (χ4n) is 4.05. The van der Waals surface area contributed by atoms with Crippen LogP contribution in [0.5, 0.6) is 0 Å². The maximum atomic E-state index is 11.7. The van der Waals surface area contributed by atoms with E-state index >= 15 is 0 Å². The number of amides is 1. The van der Waals surface area contributed by atoms with Gasteiger partial charge in [-0.25, -0.2) is 4.98 Å². The molecule has 0 aliphatic carbocycles. The Bertz CT molecular complexity index is 1430. The highest BCUT2D eigenvalue weighted by molar-refractivity contribution is 5.79. The summed E-state index contributed by atoms with van der Waals surface area (Å²) >= 11 is 0. The van der Waals surface area contributed by atoms with Crippen molar-refractivity contribution in [1.82, 2.24) is 29.0 Å². The lowest BCUT2D eigenvalue weighted by Gasteiger charge is -2.26. The van der Waals surface area contributed by atoms with E-state index in [1.54, 1.807) is 13.1 Å². The molecule has 0 aromatic carbocycles.